The van der Waals surface area contributed by atoms with Gasteiger partial charge in [0.1, 0.15) is 5.75 Å². The molecule has 1 amide bonds. The number of benzene rings is 3. The summed E-state index contributed by atoms with van der Waals surface area (Å²) in [5.74, 6) is 0.144. The van der Waals surface area contributed by atoms with Gasteiger partial charge < -0.3 is 4.74 Å². The van der Waals surface area contributed by atoms with E-state index in [0.29, 0.717) is 26.5 Å². The quantitative estimate of drug-likeness (QED) is 0.332. The van der Waals surface area contributed by atoms with Crippen LogP contribution in [0, 0.1) is 0 Å². The van der Waals surface area contributed by atoms with Crippen molar-refractivity contribution in [2.45, 2.75) is 0 Å². The fourth-order valence-electron chi connectivity index (χ4n) is 3.04. The van der Waals surface area contributed by atoms with Gasteiger partial charge in [-0.1, -0.05) is 59.6 Å². The Balaban J connectivity index is 1.50. The molecule has 0 saturated heterocycles. The zero-order valence-electron chi connectivity index (χ0n) is 15.9. The van der Waals surface area contributed by atoms with Crippen LogP contribution in [0.5, 0.6) is 5.75 Å². The van der Waals surface area contributed by atoms with Crippen molar-refractivity contribution in [3.8, 4) is 17.0 Å². The summed E-state index contributed by atoms with van der Waals surface area (Å²) in [6.45, 7) is 0. The zero-order valence-corrected chi connectivity index (χ0v) is 18.2. The number of nitrogens with zero attached hydrogens (tertiary/aromatic N) is 1. The normalized spacial score (nSPS) is 11.2. The highest BCUT2D eigenvalue weighted by Crippen LogP contribution is 2.33. The zero-order chi connectivity index (χ0) is 21.1. The lowest BCUT2D eigenvalue weighted by atomic mass is 10.1. The first kappa shape index (κ1) is 20.4. The van der Waals surface area contributed by atoms with Crippen molar-refractivity contribution in [1.29, 1.82) is 0 Å². The van der Waals surface area contributed by atoms with Gasteiger partial charge in [-0.15, -0.1) is 11.3 Å². The molecule has 1 N–H and O–H groups in total. The average Bonchev–Trinajstić information content (AvgIpc) is 3.20. The van der Waals surface area contributed by atoms with E-state index < -0.39 is 0 Å². The van der Waals surface area contributed by atoms with E-state index in [-0.39, 0.29) is 5.91 Å². The van der Waals surface area contributed by atoms with Crippen LogP contribution < -0.4 is 10.1 Å². The molecule has 0 aliphatic carbocycles. The molecule has 4 aromatic rings. The molecule has 4 rings (SSSR count). The number of anilines is 1. The lowest BCUT2D eigenvalue weighted by Crippen LogP contribution is -2.07. The maximum absolute atomic E-state index is 12.3. The number of nitrogens with one attached hydrogen (secondary N) is 1. The summed E-state index contributed by atoms with van der Waals surface area (Å²) in [7, 11) is 1.51. The van der Waals surface area contributed by atoms with Crippen LogP contribution in [0.3, 0.4) is 0 Å². The number of hydrogen-bond acceptors (Lipinski definition) is 4. The van der Waals surface area contributed by atoms with Gasteiger partial charge in [-0.25, -0.2) is 4.98 Å². The third kappa shape index (κ3) is 4.49. The van der Waals surface area contributed by atoms with Crippen molar-refractivity contribution in [1.82, 2.24) is 4.98 Å². The second-order valence-corrected chi connectivity index (χ2v) is 8.13. The number of methoxy groups -OCH3 is 1. The van der Waals surface area contributed by atoms with E-state index in [9.17, 15) is 4.79 Å². The smallest absolute Gasteiger partial charge is 0.250 e. The monoisotopic (exact) mass is 454 g/mol. The van der Waals surface area contributed by atoms with E-state index in [2.05, 4.69) is 34.6 Å². The van der Waals surface area contributed by atoms with Gasteiger partial charge >= 0.3 is 0 Å². The van der Waals surface area contributed by atoms with E-state index in [1.165, 1.54) is 29.9 Å². The van der Waals surface area contributed by atoms with E-state index in [4.69, 9.17) is 27.9 Å². The van der Waals surface area contributed by atoms with Gasteiger partial charge in [0.25, 0.3) is 0 Å². The van der Waals surface area contributed by atoms with E-state index >= 15 is 0 Å². The number of carbonyl (C=O) groups is 1. The molecule has 150 valence electrons. The summed E-state index contributed by atoms with van der Waals surface area (Å²) in [6.07, 6.45) is 2.99. The molecular weight excluding hydrogens is 439 g/mol. The first-order chi connectivity index (χ1) is 14.5. The number of hydrogen-bond donors (Lipinski definition) is 1. The Bertz CT molecular complexity index is 1270. The molecule has 7 heteroatoms. The molecule has 0 aliphatic rings. The molecule has 1 aromatic heterocycles. The fraction of sp³-hybridized carbons (Fsp3) is 0.0435. The molecule has 3 aromatic carbocycles. The highest BCUT2D eigenvalue weighted by atomic mass is 35.5. The Morgan fingerprint density at radius 2 is 1.90 bits per heavy atom. The van der Waals surface area contributed by atoms with Gasteiger partial charge in [0.05, 0.1) is 17.8 Å². The Morgan fingerprint density at radius 3 is 2.70 bits per heavy atom. The van der Waals surface area contributed by atoms with Gasteiger partial charge in [-0.05, 0) is 35.0 Å². The average molecular weight is 455 g/mol. The number of ether oxygens (including phenoxy) is 1. The first-order valence-electron chi connectivity index (χ1n) is 9.00. The molecule has 0 unspecified atom stereocenters. The van der Waals surface area contributed by atoms with E-state index in [0.717, 1.165) is 16.6 Å². The van der Waals surface area contributed by atoms with Crippen LogP contribution in [-0.2, 0) is 4.79 Å². The summed E-state index contributed by atoms with van der Waals surface area (Å²) >= 11 is 13.5. The Morgan fingerprint density at radius 1 is 1.10 bits per heavy atom. The molecular formula is C23H16Cl2N2O2S. The number of thiazole rings is 1. The van der Waals surface area contributed by atoms with Crippen LogP contribution in [0.4, 0.5) is 5.13 Å². The largest absolute Gasteiger partial charge is 0.495 e. The number of amides is 1. The Kier molecular flexibility index (Phi) is 6.04. The molecule has 0 saturated carbocycles. The molecule has 0 radical (unpaired) electrons. The molecule has 1 heterocycles. The minimum atomic E-state index is -0.312. The molecule has 0 aliphatic heterocycles. The number of carbonyl (C=O) groups excluding carboxylic acids is 1. The minimum Gasteiger partial charge on any atom is -0.495 e. The fourth-order valence-corrected chi connectivity index (χ4v) is 4.35. The molecule has 0 atom stereocenters. The van der Waals surface area contributed by atoms with E-state index in [1.807, 2.05) is 23.6 Å². The lowest BCUT2D eigenvalue weighted by Gasteiger charge is -2.07. The van der Waals surface area contributed by atoms with Gasteiger partial charge in [0.2, 0.25) is 5.91 Å². The molecule has 0 spiro atoms. The number of aromatic nitrogens is 1. The van der Waals surface area contributed by atoms with Gasteiger partial charge in [0.15, 0.2) is 5.13 Å². The van der Waals surface area contributed by atoms with Crippen molar-refractivity contribution < 1.29 is 9.53 Å². The Hall–Kier alpha value is -2.86. The van der Waals surface area contributed by atoms with Crippen LogP contribution in [0.1, 0.15) is 5.56 Å². The first-order valence-corrected chi connectivity index (χ1v) is 10.6. The summed E-state index contributed by atoms with van der Waals surface area (Å²) in [4.78, 5) is 16.9. The van der Waals surface area contributed by atoms with Gasteiger partial charge in [-0.3, -0.25) is 10.1 Å². The summed E-state index contributed by atoms with van der Waals surface area (Å²) < 4.78 is 5.28. The third-order valence-electron chi connectivity index (χ3n) is 4.44. The van der Waals surface area contributed by atoms with Crippen LogP contribution in [0.25, 0.3) is 28.1 Å². The minimum absolute atomic E-state index is 0.312. The standard InChI is InChI=1S/C23H16Cl2N2O2S/c1-29-22-17(11-18(24)12-19(22)25)8-9-21(28)27-23-26-20(13-30-23)16-7-6-14-4-2-3-5-15(14)10-16/h2-13H,1H3,(H,26,27,28)/b9-8+. The van der Waals surface area contributed by atoms with Crippen molar-refractivity contribution in [3.63, 3.8) is 0 Å². The maximum atomic E-state index is 12.3. The second kappa shape index (κ2) is 8.88. The van der Waals surface area contributed by atoms with Crippen molar-refractivity contribution in [3.05, 3.63) is 81.7 Å². The predicted molar refractivity (Wildman–Crippen MR) is 126 cm³/mol. The number of fused-ring (bicyclic) bond motifs is 1. The van der Waals surface area contributed by atoms with Gasteiger partial charge in [0, 0.05) is 27.6 Å². The van der Waals surface area contributed by atoms with Crippen LogP contribution in [0.2, 0.25) is 10.0 Å². The van der Waals surface area contributed by atoms with Crippen molar-refractivity contribution in [2.75, 3.05) is 12.4 Å². The highest BCUT2D eigenvalue weighted by Gasteiger charge is 2.10. The second-order valence-electron chi connectivity index (χ2n) is 6.43. The molecule has 30 heavy (non-hydrogen) atoms. The third-order valence-corrected chi connectivity index (χ3v) is 5.69. The summed E-state index contributed by atoms with van der Waals surface area (Å²) in [5.41, 5.74) is 2.42. The van der Waals surface area contributed by atoms with Crippen molar-refractivity contribution in [2.24, 2.45) is 0 Å². The summed E-state index contributed by atoms with van der Waals surface area (Å²) in [5, 5.41) is 8.37. The molecule has 0 bridgehead atoms. The molecule has 0 fully saturated rings. The SMILES string of the molecule is COc1c(Cl)cc(Cl)cc1/C=C/C(=O)Nc1nc(-c2ccc3ccccc3c2)cs1. The van der Waals surface area contributed by atoms with Crippen molar-refractivity contribution >= 4 is 62.4 Å². The van der Waals surface area contributed by atoms with Crippen LogP contribution in [0.15, 0.2) is 66.1 Å². The lowest BCUT2D eigenvalue weighted by molar-refractivity contribution is -0.111. The maximum Gasteiger partial charge on any atom is 0.250 e. The van der Waals surface area contributed by atoms with E-state index in [1.54, 1.807) is 18.2 Å². The molecule has 4 nitrogen and oxygen atoms in total. The Labute approximate surface area is 187 Å². The van der Waals surface area contributed by atoms with Crippen LogP contribution in [-0.4, -0.2) is 18.0 Å². The highest BCUT2D eigenvalue weighted by molar-refractivity contribution is 7.14. The topological polar surface area (TPSA) is 51.2 Å². The van der Waals surface area contributed by atoms with Gasteiger partial charge in [-0.2, -0.15) is 0 Å². The number of halogens is 2. The summed E-state index contributed by atoms with van der Waals surface area (Å²) in [6, 6.07) is 17.6. The predicted octanol–water partition coefficient (Wildman–Crippen LogP) is 6.93. The number of rotatable bonds is 5. The van der Waals surface area contributed by atoms with Crippen LogP contribution >= 0.6 is 34.5 Å².